The highest BCUT2D eigenvalue weighted by atomic mass is 79.9. The molecule has 1 aliphatic heterocycles. The molecule has 0 spiro atoms. The summed E-state index contributed by atoms with van der Waals surface area (Å²) in [5.41, 5.74) is 1.28. The third-order valence-electron chi connectivity index (χ3n) is 3.89. The van der Waals surface area contributed by atoms with Gasteiger partial charge in [-0.1, -0.05) is 22.0 Å². The van der Waals surface area contributed by atoms with E-state index in [9.17, 15) is 4.79 Å². The molecule has 1 aliphatic rings. The number of amides is 1. The molecule has 7 heteroatoms. The van der Waals surface area contributed by atoms with E-state index in [-0.39, 0.29) is 17.1 Å². The summed E-state index contributed by atoms with van der Waals surface area (Å²) in [6.45, 7) is 1.34. The molecule has 1 amide bonds. The van der Waals surface area contributed by atoms with Gasteiger partial charge in [0.05, 0.1) is 6.10 Å². The Hall–Kier alpha value is -1.96. The van der Waals surface area contributed by atoms with Crippen molar-refractivity contribution in [1.82, 2.24) is 5.32 Å². The van der Waals surface area contributed by atoms with Crippen molar-refractivity contribution in [1.29, 1.82) is 0 Å². The largest absolute Gasteiger partial charge is 0.491 e. The van der Waals surface area contributed by atoms with Crippen molar-refractivity contribution in [2.24, 2.45) is 0 Å². The van der Waals surface area contributed by atoms with E-state index in [1.807, 2.05) is 24.3 Å². The van der Waals surface area contributed by atoms with E-state index < -0.39 is 0 Å². The molecule has 26 heavy (non-hydrogen) atoms. The minimum Gasteiger partial charge on any atom is -0.491 e. The SMILES string of the molecule is O=C(NC(=S)Nc1cccc(OCC2CCCO2)c1)c1ccc(Br)cc1. The van der Waals surface area contributed by atoms with Crippen LogP contribution in [0.1, 0.15) is 23.2 Å². The molecule has 0 radical (unpaired) electrons. The third-order valence-corrected chi connectivity index (χ3v) is 4.62. The number of hydrogen-bond donors (Lipinski definition) is 2. The summed E-state index contributed by atoms with van der Waals surface area (Å²) in [6, 6.07) is 14.5. The number of halogens is 1. The molecule has 0 bridgehead atoms. The lowest BCUT2D eigenvalue weighted by atomic mass is 10.2. The minimum absolute atomic E-state index is 0.165. The Bertz CT molecular complexity index is 777. The van der Waals surface area contributed by atoms with Gasteiger partial charge in [-0.2, -0.15) is 0 Å². The van der Waals surface area contributed by atoms with Crippen molar-refractivity contribution >= 4 is 44.9 Å². The molecule has 0 saturated carbocycles. The highest BCUT2D eigenvalue weighted by Crippen LogP contribution is 2.19. The summed E-state index contributed by atoms with van der Waals surface area (Å²) in [5, 5.41) is 5.90. The Balaban J connectivity index is 1.52. The van der Waals surface area contributed by atoms with Crippen LogP contribution in [-0.4, -0.2) is 30.3 Å². The van der Waals surface area contributed by atoms with Gasteiger partial charge in [0, 0.05) is 28.4 Å². The molecule has 1 unspecified atom stereocenters. The first kappa shape index (κ1) is 18.8. The monoisotopic (exact) mass is 434 g/mol. The molecule has 1 heterocycles. The van der Waals surface area contributed by atoms with E-state index in [1.165, 1.54) is 0 Å². The minimum atomic E-state index is -0.263. The molecular weight excluding hydrogens is 416 g/mol. The first-order chi connectivity index (χ1) is 12.6. The van der Waals surface area contributed by atoms with E-state index >= 15 is 0 Å². The zero-order valence-electron chi connectivity index (χ0n) is 14.0. The van der Waals surface area contributed by atoms with Gasteiger partial charge < -0.3 is 14.8 Å². The zero-order chi connectivity index (χ0) is 18.4. The topological polar surface area (TPSA) is 59.6 Å². The number of thiocarbonyl (C=S) groups is 1. The summed E-state index contributed by atoms with van der Waals surface area (Å²) in [4.78, 5) is 12.2. The first-order valence-corrected chi connectivity index (χ1v) is 9.52. The highest BCUT2D eigenvalue weighted by Gasteiger charge is 2.16. The van der Waals surface area contributed by atoms with Crippen molar-refractivity contribution in [3.63, 3.8) is 0 Å². The van der Waals surface area contributed by atoms with Crippen molar-refractivity contribution in [3.05, 3.63) is 58.6 Å². The Labute approximate surface area is 166 Å². The lowest BCUT2D eigenvalue weighted by molar-refractivity contribution is 0.0680. The number of nitrogens with one attached hydrogen (secondary N) is 2. The first-order valence-electron chi connectivity index (χ1n) is 8.32. The Morgan fingerprint density at radius 2 is 2.08 bits per heavy atom. The lowest BCUT2D eigenvalue weighted by Crippen LogP contribution is -2.34. The van der Waals surface area contributed by atoms with E-state index in [4.69, 9.17) is 21.7 Å². The van der Waals surface area contributed by atoms with Gasteiger partial charge in [-0.05, 0) is 61.5 Å². The maximum absolute atomic E-state index is 12.2. The van der Waals surface area contributed by atoms with Crippen LogP contribution >= 0.6 is 28.1 Å². The molecule has 2 aromatic rings. The fraction of sp³-hybridized carbons (Fsp3) is 0.263. The Kier molecular flexibility index (Phi) is 6.60. The quantitative estimate of drug-likeness (QED) is 0.692. The van der Waals surface area contributed by atoms with E-state index in [1.54, 1.807) is 24.3 Å². The molecule has 5 nitrogen and oxygen atoms in total. The van der Waals surface area contributed by atoms with Crippen molar-refractivity contribution < 1.29 is 14.3 Å². The van der Waals surface area contributed by atoms with Gasteiger partial charge in [-0.25, -0.2) is 0 Å². The average Bonchev–Trinajstić information content (AvgIpc) is 3.14. The summed E-state index contributed by atoms with van der Waals surface area (Å²) in [5.74, 6) is 0.466. The maximum atomic E-state index is 12.2. The van der Waals surface area contributed by atoms with Crippen molar-refractivity contribution in [2.45, 2.75) is 18.9 Å². The van der Waals surface area contributed by atoms with E-state index in [0.29, 0.717) is 12.2 Å². The summed E-state index contributed by atoms with van der Waals surface area (Å²) >= 11 is 8.56. The Morgan fingerprint density at radius 3 is 2.81 bits per heavy atom. The number of hydrogen-bond acceptors (Lipinski definition) is 4. The lowest BCUT2D eigenvalue weighted by Gasteiger charge is -2.13. The molecule has 0 aromatic heterocycles. The Morgan fingerprint density at radius 1 is 1.27 bits per heavy atom. The zero-order valence-corrected chi connectivity index (χ0v) is 16.4. The molecule has 1 atom stereocenters. The number of carbonyl (C=O) groups is 1. The number of ether oxygens (including phenoxy) is 2. The summed E-state index contributed by atoms with van der Waals surface area (Å²) < 4.78 is 12.2. The molecule has 2 N–H and O–H groups in total. The van der Waals surface area contributed by atoms with Crippen LogP contribution in [-0.2, 0) is 4.74 Å². The molecule has 2 aromatic carbocycles. The van der Waals surface area contributed by atoms with Crippen LogP contribution in [0.15, 0.2) is 53.0 Å². The molecule has 0 aliphatic carbocycles. The third kappa shape index (κ3) is 5.52. The second kappa shape index (κ2) is 9.12. The predicted octanol–water partition coefficient (Wildman–Crippen LogP) is 4.13. The van der Waals surface area contributed by atoms with Crippen LogP contribution in [0.3, 0.4) is 0 Å². The number of anilines is 1. The summed E-state index contributed by atoms with van der Waals surface area (Å²) in [6.07, 6.45) is 2.28. The van der Waals surface area contributed by atoms with Crippen molar-refractivity contribution in [3.8, 4) is 5.75 Å². The second-order valence-electron chi connectivity index (χ2n) is 5.89. The van der Waals surface area contributed by atoms with E-state index in [2.05, 4.69) is 26.6 Å². The fourth-order valence-electron chi connectivity index (χ4n) is 2.57. The van der Waals surface area contributed by atoms with Gasteiger partial charge in [-0.15, -0.1) is 0 Å². The highest BCUT2D eigenvalue weighted by molar-refractivity contribution is 9.10. The standard InChI is InChI=1S/C19H19BrN2O3S/c20-14-8-6-13(7-9-14)18(23)22-19(26)21-15-3-1-4-16(11-15)25-12-17-5-2-10-24-17/h1,3-4,6-9,11,17H,2,5,10,12H2,(H2,21,22,23,26). The molecular formula is C19H19BrN2O3S. The van der Waals surface area contributed by atoms with Gasteiger partial charge >= 0.3 is 0 Å². The van der Waals surface area contributed by atoms with Crippen LogP contribution < -0.4 is 15.4 Å². The van der Waals surface area contributed by atoms with Crippen LogP contribution in [0.25, 0.3) is 0 Å². The number of benzene rings is 2. The van der Waals surface area contributed by atoms with Gasteiger partial charge in [0.15, 0.2) is 5.11 Å². The second-order valence-corrected chi connectivity index (χ2v) is 7.21. The van der Waals surface area contributed by atoms with E-state index in [0.717, 1.165) is 35.4 Å². The molecule has 1 saturated heterocycles. The van der Waals surface area contributed by atoms with Gasteiger partial charge in [0.25, 0.3) is 5.91 Å². The molecule has 3 rings (SSSR count). The van der Waals surface area contributed by atoms with Crippen LogP contribution in [0.4, 0.5) is 5.69 Å². The fourth-order valence-corrected chi connectivity index (χ4v) is 3.04. The number of carbonyl (C=O) groups excluding carboxylic acids is 1. The van der Waals surface area contributed by atoms with Gasteiger partial charge in [0.2, 0.25) is 0 Å². The number of rotatable bonds is 5. The molecule has 136 valence electrons. The maximum Gasteiger partial charge on any atom is 0.257 e. The smallest absolute Gasteiger partial charge is 0.257 e. The summed E-state index contributed by atoms with van der Waals surface area (Å²) in [7, 11) is 0. The van der Waals surface area contributed by atoms with Crippen LogP contribution in [0.5, 0.6) is 5.75 Å². The normalized spacial score (nSPS) is 16.1. The predicted molar refractivity (Wildman–Crippen MR) is 109 cm³/mol. The van der Waals surface area contributed by atoms with Gasteiger partial charge in [-0.3, -0.25) is 10.1 Å². The van der Waals surface area contributed by atoms with Crippen molar-refractivity contribution in [2.75, 3.05) is 18.5 Å². The van der Waals surface area contributed by atoms with Crippen LogP contribution in [0.2, 0.25) is 0 Å². The molecule has 1 fully saturated rings. The van der Waals surface area contributed by atoms with Crippen LogP contribution in [0, 0.1) is 0 Å². The van der Waals surface area contributed by atoms with Gasteiger partial charge in [0.1, 0.15) is 12.4 Å². The average molecular weight is 435 g/mol.